The fraction of sp³-hybridized carbons (Fsp3) is 0.0328. The Kier molecular flexibility index (Phi) is 7.17. The average Bonchev–Trinajstić information content (AvgIpc) is 3.96. The molecule has 12 aromatic rings. The zero-order valence-corrected chi connectivity index (χ0v) is 37.6. The van der Waals surface area contributed by atoms with Crippen LogP contribution in [0.3, 0.4) is 0 Å². The number of rotatable bonds is 3. The van der Waals surface area contributed by atoms with Crippen LogP contribution in [-0.2, 0) is 0 Å². The quantitative estimate of drug-likeness (QED) is 0.166. The maximum Gasteiger partial charge on any atom is 0.338 e. The van der Waals surface area contributed by atoms with Gasteiger partial charge in [-0.1, -0.05) is 149 Å². The van der Waals surface area contributed by atoms with Crippen LogP contribution >= 0.6 is 0 Å². The summed E-state index contributed by atoms with van der Waals surface area (Å²) in [4.78, 5) is 22.9. The summed E-state index contributed by atoms with van der Waals surface area (Å²) in [5.74, 6) is 0. The third-order valence-corrected chi connectivity index (χ3v) is 15.7. The van der Waals surface area contributed by atoms with Gasteiger partial charge in [-0.3, -0.25) is 9.80 Å². The van der Waals surface area contributed by atoms with E-state index >= 15 is 4.79 Å². The second kappa shape index (κ2) is 13.2. The molecular weight excluding hydrogens is 844 g/mol. The number of amides is 2. The van der Waals surface area contributed by atoms with Crippen LogP contribution in [-0.4, -0.2) is 19.5 Å². The third kappa shape index (κ3) is 4.66. The molecule has 320 valence electrons. The van der Waals surface area contributed by atoms with Crippen molar-refractivity contribution in [1.29, 1.82) is 0 Å². The van der Waals surface area contributed by atoms with Gasteiger partial charge in [0.2, 0.25) is 13.4 Å². The molecule has 6 heterocycles. The molecule has 8 heteroatoms. The fourth-order valence-corrected chi connectivity index (χ4v) is 13.0. The Hall–Kier alpha value is -8.74. The van der Waals surface area contributed by atoms with Gasteiger partial charge in [0.15, 0.2) is 0 Å². The van der Waals surface area contributed by atoms with Crippen LogP contribution in [0.2, 0.25) is 0 Å². The van der Waals surface area contributed by atoms with Crippen molar-refractivity contribution in [1.82, 2.24) is 0 Å². The minimum Gasteiger partial charge on any atom is -0.456 e. The molecule has 0 bridgehead atoms. The number of benzene rings is 10. The number of anilines is 7. The standard InChI is InChI=1S/C61H37B2N3O3/c1-34-28-30-51-54(38-19-7-14-26-49(38)68-51)57(34)62-41-21-9-12-24-46(41)65-59-43(62)32-40-37-18-6-11-23-45(37)64(36-16-4-3-5-17-36)48-33-44-60(56(59)53(40)48)66(61(65)67)47-25-13-10-22-42(47)63(44)58-35(2)29-31-52-55(58)39-20-8-15-27-50(39)69-52/h3-33H,1-2H3. The van der Waals surface area contributed by atoms with E-state index in [9.17, 15) is 0 Å². The van der Waals surface area contributed by atoms with Crippen LogP contribution in [0.25, 0.3) is 65.8 Å². The summed E-state index contributed by atoms with van der Waals surface area (Å²) in [6.45, 7) is 3.96. The molecule has 6 nitrogen and oxygen atoms in total. The number of furan rings is 2. The first-order valence-corrected chi connectivity index (χ1v) is 23.8. The van der Waals surface area contributed by atoms with Crippen LogP contribution in [0.5, 0.6) is 0 Å². The van der Waals surface area contributed by atoms with Gasteiger partial charge < -0.3 is 13.7 Å². The van der Waals surface area contributed by atoms with Gasteiger partial charge >= 0.3 is 6.03 Å². The summed E-state index contributed by atoms with van der Waals surface area (Å²) in [6, 6.07) is 66.9. The molecular formula is C61H37B2N3O3. The molecule has 10 aromatic carbocycles. The second-order valence-corrected chi connectivity index (χ2v) is 19.1. The second-order valence-electron chi connectivity index (χ2n) is 19.1. The Labute approximate surface area is 397 Å². The number of nitrogens with zero attached hydrogens (tertiary/aromatic N) is 3. The van der Waals surface area contributed by atoms with Crippen molar-refractivity contribution >= 4 is 147 Å². The highest BCUT2D eigenvalue weighted by atomic mass is 16.3. The van der Waals surface area contributed by atoms with E-state index in [-0.39, 0.29) is 19.5 Å². The lowest BCUT2D eigenvalue weighted by molar-refractivity contribution is 0.255. The largest absolute Gasteiger partial charge is 0.456 e. The number of hydrogen-bond acceptors (Lipinski definition) is 4. The first-order valence-electron chi connectivity index (χ1n) is 23.8. The molecule has 0 fully saturated rings. The Morgan fingerprint density at radius 1 is 0.377 bits per heavy atom. The molecule has 0 unspecified atom stereocenters. The van der Waals surface area contributed by atoms with Gasteiger partial charge in [-0.05, 0) is 102 Å². The van der Waals surface area contributed by atoms with Crippen molar-refractivity contribution in [2.24, 2.45) is 0 Å². The predicted octanol–water partition coefficient (Wildman–Crippen LogP) is 11.8. The van der Waals surface area contributed by atoms with E-state index in [0.29, 0.717) is 0 Å². The van der Waals surface area contributed by atoms with Crippen LogP contribution in [0.1, 0.15) is 11.1 Å². The molecule has 0 radical (unpaired) electrons. The smallest absolute Gasteiger partial charge is 0.338 e. The molecule has 0 spiro atoms. The van der Waals surface area contributed by atoms with E-state index in [4.69, 9.17) is 8.83 Å². The Morgan fingerprint density at radius 3 is 1.46 bits per heavy atom. The molecule has 2 amide bonds. The van der Waals surface area contributed by atoms with E-state index < -0.39 is 0 Å². The SMILES string of the molecule is Cc1ccc2oc3ccccc3c2c1B1c2ccccc2N2C(=O)N3c4ccccc4B(c4c(C)ccc5oc6ccccc6c45)c4cc5c6c(cc1c2c6c43)-c1ccccc1N5c1ccccc1. The third-order valence-electron chi connectivity index (χ3n) is 15.7. The molecule has 69 heavy (non-hydrogen) atoms. The molecule has 0 N–H and O–H groups in total. The number of fused-ring (bicyclic) bond motifs is 12. The Morgan fingerprint density at radius 2 is 0.870 bits per heavy atom. The van der Waals surface area contributed by atoms with Crippen LogP contribution in [0, 0.1) is 13.8 Å². The minimum atomic E-state index is -0.258. The maximum atomic E-state index is 16.3. The van der Waals surface area contributed by atoms with E-state index in [1.165, 1.54) is 16.5 Å². The zero-order valence-electron chi connectivity index (χ0n) is 37.6. The summed E-state index contributed by atoms with van der Waals surface area (Å²) in [5.41, 5.74) is 21.7. The summed E-state index contributed by atoms with van der Waals surface area (Å²) in [7, 11) is 0. The van der Waals surface area contributed by atoms with Crippen molar-refractivity contribution in [2.75, 3.05) is 14.7 Å². The van der Waals surface area contributed by atoms with Gasteiger partial charge in [0.25, 0.3) is 0 Å². The van der Waals surface area contributed by atoms with Crippen LogP contribution < -0.4 is 47.5 Å². The number of carbonyl (C=O) groups is 1. The van der Waals surface area contributed by atoms with E-state index in [1.54, 1.807) is 0 Å². The first kappa shape index (κ1) is 37.4. The van der Waals surface area contributed by atoms with E-state index in [1.807, 2.05) is 21.9 Å². The molecule has 16 rings (SSSR count). The summed E-state index contributed by atoms with van der Waals surface area (Å²) < 4.78 is 13.3. The van der Waals surface area contributed by atoms with Crippen molar-refractivity contribution < 1.29 is 13.6 Å². The minimum absolute atomic E-state index is 0.0895. The lowest BCUT2D eigenvalue weighted by Crippen LogP contribution is -2.64. The number of para-hydroxylation sites is 6. The van der Waals surface area contributed by atoms with E-state index in [2.05, 4.69) is 195 Å². The van der Waals surface area contributed by atoms with E-state index in [0.717, 1.165) is 133 Å². The summed E-state index contributed by atoms with van der Waals surface area (Å²) in [6.07, 6.45) is 0. The molecule has 4 aliphatic heterocycles. The van der Waals surface area contributed by atoms with Gasteiger partial charge in [-0.15, -0.1) is 0 Å². The number of carbonyl (C=O) groups excluding carboxylic acids is 1. The maximum absolute atomic E-state index is 16.3. The van der Waals surface area contributed by atoms with Crippen molar-refractivity contribution in [3.8, 4) is 11.1 Å². The first-order chi connectivity index (χ1) is 34.0. The van der Waals surface area contributed by atoms with Crippen molar-refractivity contribution in [2.45, 2.75) is 13.8 Å². The fourth-order valence-electron chi connectivity index (χ4n) is 13.0. The Bertz CT molecular complexity index is 4280. The van der Waals surface area contributed by atoms with Gasteiger partial charge in [-0.25, -0.2) is 4.79 Å². The highest BCUT2D eigenvalue weighted by molar-refractivity contribution is 7.02. The van der Waals surface area contributed by atoms with Crippen LogP contribution in [0.4, 0.5) is 44.6 Å². The molecule has 2 aromatic heterocycles. The lowest BCUT2D eigenvalue weighted by Gasteiger charge is -2.48. The average molecular weight is 882 g/mol. The lowest BCUT2D eigenvalue weighted by atomic mass is 9.32. The molecule has 0 atom stereocenters. The highest BCUT2D eigenvalue weighted by Crippen LogP contribution is 2.57. The topological polar surface area (TPSA) is 53.1 Å². The molecule has 0 saturated carbocycles. The van der Waals surface area contributed by atoms with Gasteiger partial charge in [0.05, 0.1) is 22.7 Å². The summed E-state index contributed by atoms with van der Waals surface area (Å²) >= 11 is 0. The normalized spacial score (nSPS) is 14.1. The Balaban J connectivity index is 1.13. The molecule has 0 aliphatic carbocycles. The van der Waals surface area contributed by atoms with Crippen molar-refractivity contribution in [3.63, 3.8) is 0 Å². The van der Waals surface area contributed by atoms with Gasteiger partial charge in [0, 0.05) is 54.9 Å². The monoisotopic (exact) mass is 881 g/mol. The summed E-state index contributed by atoms with van der Waals surface area (Å²) in [5, 5.41) is 6.59. The highest BCUT2D eigenvalue weighted by Gasteiger charge is 2.51. The zero-order chi connectivity index (χ0) is 45.4. The number of hydrogen-bond donors (Lipinski definition) is 0. The number of urea groups is 1. The van der Waals surface area contributed by atoms with Crippen LogP contribution in [0.15, 0.2) is 197 Å². The van der Waals surface area contributed by atoms with Gasteiger partial charge in [-0.2, -0.15) is 0 Å². The van der Waals surface area contributed by atoms with Gasteiger partial charge in [0.1, 0.15) is 22.3 Å². The number of aryl methyl sites for hydroxylation is 2. The molecule has 4 aliphatic rings. The predicted molar refractivity (Wildman–Crippen MR) is 286 cm³/mol. The molecule has 0 saturated heterocycles. The van der Waals surface area contributed by atoms with Crippen molar-refractivity contribution in [3.05, 3.63) is 199 Å².